The first-order chi connectivity index (χ1) is 6.43. The van der Waals surface area contributed by atoms with Crippen LogP contribution in [0.1, 0.15) is 22.5 Å². The number of alkyl halides is 2. The van der Waals surface area contributed by atoms with Crippen LogP contribution in [-0.4, -0.2) is 10.2 Å². The van der Waals surface area contributed by atoms with Crippen LogP contribution in [-0.2, 0) is 0 Å². The van der Waals surface area contributed by atoms with Gasteiger partial charge in [0, 0.05) is 5.56 Å². The summed E-state index contributed by atoms with van der Waals surface area (Å²) in [5, 5.41) is -1.34. The van der Waals surface area contributed by atoms with E-state index in [1.54, 1.807) is 22.6 Å². The average Bonchev–Trinajstić information content (AvgIpc) is 2.07. The second kappa shape index (κ2) is 4.67. The molecule has 1 aromatic heterocycles. The van der Waals surface area contributed by atoms with Gasteiger partial charge >= 0.3 is 0 Å². The van der Waals surface area contributed by atoms with Crippen LogP contribution >= 0.6 is 45.8 Å². The third kappa shape index (κ3) is 2.52. The molecule has 0 aliphatic rings. The van der Waals surface area contributed by atoms with Gasteiger partial charge in [0.2, 0.25) is 0 Å². The topological polar surface area (TPSA) is 30.0 Å². The summed E-state index contributed by atoms with van der Waals surface area (Å²) < 4.78 is 25.0. The Morgan fingerprint density at radius 3 is 2.57 bits per heavy atom. The van der Waals surface area contributed by atoms with Crippen molar-refractivity contribution in [3.63, 3.8) is 0 Å². The minimum absolute atomic E-state index is 0.242. The van der Waals surface area contributed by atoms with Crippen LogP contribution in [0.2, 0.25) is 5.02 Å². The number of hydrogen-bond donors (Lipinski definition) is 0. The van der Waals surface area contributed by atoms with E-state index >= 15 is 0 Å². The first kappa shape index (κ1) is 12.1. The van der Waals surface area contributed by atoms with E-state index in [4.69, 9.17) is 23.2 Å². The molecule has 1 rings (SSSR count). The van der Waals surface area contributed by atoms with E-state index in [0.717, 1.165) is 6.07 Å². The van der Waals surface area contributed by atoms with Gasteiger partial charge in [0.25, 0.3) is 11.7 Å². The summed E-state index contributed by atoms with van der Waals surface area (Å²) in [6.45, 7) is 0. The predicted octanol–water partition coefficient (Wildman–Crippen LogP) is 3.66. The summed E-state index contributed by atoms with van der Waals surface area (Å²) in [5.41, 5.74) is -0.773. The molecule has 0 saturated heterocycles. The Labute approximate surface area is 102 Å². The van der Waals surface area contributed by atoms with E-state index in [9.17, 15) is 13.6 Å². The molecule has 0 aliphatic heterocycles. The third-order valence-electron chi connectivity index (χ3n) is 1.38. The smallest absolute Gasteiger partial charge is 0.272 e. The van der Waals surface area contributed by atoms with E-state index < -0.39 is 17.2 Å². The van der Waals surface area contributed by atoms with Crippen LogP contribution in [0.4, 0.5) is 8.78 Å². The second-order valence-corrected chi connectivity index (χ2v) is 4.10. The van der Waals surface area contributed by atoms with E-state index in [0.29, 0.717) is 0 Å². The van der Waals surface area contributed by atoms with Crippen LogP contribution in [0.25, 0.3) is 0 Å². The Kier molecular flexibility index (Phi) is 4.03. The molecular weight excluding hydrogens is 350 g/mol. The molecule has 1 heterocycles. The minimum atomic E-state index is -2.76. The standard InChI is InChI=1S/C7H2Cl2F2INO/c8-4-2(7(10)11)1-3(12)13-5(4)6(9)14/h1,7H. The maximum absolute atomic E-state index is 12.4. The van der Waals surface area contributed by atoms with Gasteiger partial charge in [-0.3, -0.25) is 4.79 Å². The SMILES string of the molecule is O=C(Cl)c1nc(I)cc(C(F)F)c1Cl. The fraction of sp³-hybridized carbons (Fsp3) is 0.143. The summed E-state index contributed by atoms with van der Waals surface area (Å²) in [5.74, 6) is 0. The van der Waals surface area contributed by atoms with Crippen LogP contribution in [0.15, 0.2) is 6.07 Å². The van der Waals surface area contributed by atoms with Crippen molar-refractivity contribution in [1.82, 2.24) is 4.98 Å². The highest BCUT2D eigenvalue weighted by Crippen LogP contribution is 2.30. The molecule has 0 bridgehead atoms. The number of pyridine rings is 1. The van der Waals surface area contributed by atoms with E-state index in [1.807, 2.05) is 0 Å². The molecule has 0 aromatic carbocycles. The minimum Gasteiger partial charge on any atom is -0.274 e. The molecule has 0 radical (unpaired) electrons. The van der Waals surface area contributed by atoms with Crippen LogP contribution in [0.3, 0.4) is 0 Å². The quantitative estimate of drug-likeness (QED) is 0.462. The summed E-state index contributed by atoms with van der Waals surface area (Å²) in [6.07, 6.45) is -2.76. The molecule has 7 heteroatoms. The number of aromatic nitrogens is 1. The van der Waals surface area contributed by atoms with Crippen molar-refractivity contribution in [2.45, 2.75) is 6.43 Å². The molecule has 0 unspecified atom stereocenters. The summed E-state index contributed by atoms with van der Waals surface area (Å²) in [4.78, 5) is 14.4. The first-order valence-corrected chi connectivity index (χ1v) is 5.11. The van der Waals surface area contributed by atoms with Gasteiger partial charge in [0.15, 0.2) is 0 Å². The molecule has 0 atom stereocenters. The average molecular weight is 352 g/mol. The van der Waals surface area contributed by atoms with Crippen molar-refractivity contribution in [2.24, 2.45) is 0 Å². The maximum Gasteiger partial charge on any atom is 0.272 e. The van der Waals surface area contributed by atoms with Crippen LogP contribution < -0.4 is 0 Å². The van der Waals surface area contributed by atoms with Crippen molar-refractivity contribution in [3.8, 4) is 0 Å². The molecule has 14 heavy (non-hydrogen) atoms. The van der Waals surface area contributed by atoms with Gasteiger partial charge in [-0.15, -0.1) is 0 Å². The van der Waals surface area contributed by atoms with Gasteiger partial charge in [0.05, 0.1) is 5.02 Å². The Morgan fingerprint density at radius 2 is 2.14 bits per heavy atom. The van der Waals surface area contributed by atoms with Crippen molar-refractivity contribution in [2.75, 3.05) is 0 Å². The van der Waals surface area contributed by atoms with Gasteiger partial charge in [-0.25, -0.2) is 13.8 Å². The molecule has 2 nitrogen and oxygen atoms in total. The van der Waals surface area contributed by atoms with Gasteiger partial charge < -0.3 is 0 Å². The van der Waals surface area contributed by atoms with E-state index in [-0.39, 0.29) is 14.4 Å². The largest absolute Gasteiger partial charge is 0.274 e. The number of halogens is 5. The number of carbonyl (C=O) groups is 1. The normalized spacial score (nSPS) is 10.7. The molecule has 0 amide bonds. The summed E-state index contributed by atoms with van der Waals surface area (Å²) >= 11 is 12.3. The van der Waals surface area contributed by atoms with Crippen molar-refractivity contribution in [3.05, 3.63) is 26.0 Å². The Balaban J connectivity index is 3.40. The number of hydrogen-bond acceptors (Lipinski definition) is 2. The van der Waals surface area contributed by atoms with Crippen molar-refractivity contribution < 1.29 is 13.6 Å². The number of rotatable bonds is 2. The lowest BCUT2D eigenvalue weighted by atomic mass is 10.2. The highest BCUT2D eigenvalue weighted by atomic mass is 127. The molecule has 0 aliphatic carbocycles. The van der Waals surface area contributed by atoms with Crippen molar-refractivity contribution >= 4 is 51.0 Å². The summed E-state index contributed by atoms with van der Waals surface area (Å²) in [7, 11) is 0. The Morgan fingerprint density at radius 1 is 1.57 bits per heavy atom. The van der Waals surface area contributed by atoms with Gasteiger partial charge in [-0.1, -0.05) is 11.6 Å². The molecule has 0 N–H and O–H groups in total. The lowest BCUT2D eigenvalue weighted by Crippen LogP contribution is -2.01. The molecule has 0 saturated carbocycles. The predicted molar refractivity (Wildman–Crippen MR) is 57.1 cm³/mol. The maximum atomic E-state index is 12.4. The monoisotopic (exact) mass is 351 g/mol. The Hall–Kier alpha value is -0.0100. The van der Waals surface area contributed by atoms with E-state index in [2.05, 4.69) is 4.98 Å². The van der Waals surface area contributed by atoms with Crippen LogP contribution in [0.5, 0.6) is 0 Å². The lowest BCUT2D eigenvalue weighted by Gasteiger charge is -2.05. The molecule has 0 spiro atoms. The van der Waals surface area contributed by atoms with Crippen LogP contribution in [0, 0.1) is 3.70 Å². The zero-order chi connectivity index (χ0) is 10.9. The van der Waals surface area contributed by atoms with Gasteiger partial charge in [0.1, 0.15) is 9.39 Å². The fourth-order valence-electron chi connectivity index (χ4n) is 0.806. The zero-order valence-corrected chi connectivity index (χ0v) is 10.1. The third-order valence-corrected chi connectivity index (χ3v) is 2.50. The second-order valence-electron chi connectivity index (χ2n) is 2.27. The van der Waals surface area contributed by atoms with Gasteiger partial charge in [-0.05, 0) is 40.3 Å². The molecular formula is C7H2Cl2F2INO. The fourth-order valence-corrected chi connectivity index (χ4v) is 1.83. The summed E-state index contributed by atoms with van der Waals surface area (Å²) in [6, 6.07) is 1.11. The lowest BCUT2D eigenvalue weighted by molar-refractivity contribution is 0.107. The van der Waals surface area contributed by atoms with Gasteiger partial charge in [-0.2, -0.15) is 0 Å². The number of nitrogens with zero attached hydrogens (tertiary/aromatic N) is 1. The highest BCUT2D eigenvalue weighted by molar-refractivity contribution is 14.1. The molecule has 1 aromatic rings. The molecule has 0 fully saturated rings. The Bertz CT molecular complexity index is 386. The highest BCUT2D eigenvalue weighted by Gasteiger charge is 2.20. The number of carbonyl (C=O) groups excluding carboxylic acids is 1. The van der Waals surface area contributed by atoms with E-state index in [1.165, 1.54) is 0 Å². The van der Waals surface area contributed by atoms with Crippen molar-refractivity contribution in [1.29, 1.82) is 0 Å². The zero-order valence-electron chi connectivity index (χ0n) is 6.40. The molecule has 76 valence electrons. The first-order valence-electron chi connectivity index (χ1n) is 3.27.